The number of hydrogen-bond acceptors (Lipinski definition) is 3. The molecule has 1 atom stereocenters. The number of aliphatic hydroxyl groups is 1. The van der Waals surface area contributed by atoms with Gasteiger partial charge in [0.15, 0.2) is 0 Å². The first-order chi connectivity index (χ1) is 11.8. The number of nitrogens with zero attached hydrogens (tertiary/aromatic N) is 1. The van der Waals surface area contributed by atoms with Gasteiger partial charge in [-0.05, 0) is 64.2 Å². The Morgan fingerprint density at radius 2 is 2.16 bits per heavy atom. The zero-order chi connectivity index (χ0) is 18.4. The van der Waals surface area contributed by atoms with Crippen molar-refractivity contribution >= 4 is 6.03 Å². The molecule has 2 amide bonds. The highest BCUT2D eigenvalue weighted by Crippen LogP contribution is 2.20. The monoisotopic (exact) mass is 348 g/mol. The van der Waals surface area contributed by atoms with Crippen molar-refractivity contribution < 1.29 is 14.6 Å². The Labute approximate surface area is 151 Å². The summed E-state index contributed by atoms with van der Waals surface area (Å²) in [7, 11) is 0. The molecule has 5 heteroatoms. The second-order valence-corrected chi connectivity index (χ2v) is 7.70. The first-order valence-electron chi connectivity index (χ1n) is 9.30. The molecule has 1 saturated heterocycles. The molecule has 0 bridgehead atoms. The third-order valence-electron chi connectivity index (χ3n) is 4.54. The molecule has 0 aliphatic carbocycles. The van der Waals surface area contributed by atoms with Gasteiger partial charge in [-0.3, -0.25) is 0 Å². The number of hydrogen-bond donors (Lipinski definition) is 2. The first-order valence-corrected chi connectivity index (χ1v) is 9.30. The summed E-state index contributed by atoms with van der Waals surface area (Å²) >= 11 is 0. The minimum atomic E-state index is -0.638. The van der Waals surface area contributed by atoms with Crippen LogP contribution in [0.5, 0.6) is 5.75 Å². The van der Waals surface area contributed by atoms with Gasteiger partial charge in [-0.2, -0.15) is 0 Å². The highest BCUT2D eigenvalue weighted by molar-refractivity contribution is 5.75. The molecule has 2 rings (SSSR count). The molecule has 0 spiro atoms. The van der Waals surface area contributed by atoms with Gasteiger partial charge in [0.2, 0.25) is 0 Å². The number of ether oxygens (including phenoxy) is 1. The van der Waals surface area contributed by atoms with Crippen LogP contribution >= 0.6 is 0 Å². The van der Waals surface area contributed by atoms with E-state index >= 15 is 0 Å². The van der Waals surface area contributed by atoms with Gasteiger partial charge in [0, 0.05) is 6.04 Å². The molecule has 0 radical (unpaired) electrons. The van der Waals surface area contributed by atoms with Gasteiger partial charge in [-0.25, -0.2) is 4.79 Å². The Balaban J connectivity index is 1.66. The maximum atomic E-state index is 12.2. The van der Waals surface area contributed by atoms with Gasteiger partial charge in [-0.15, -0.1) is 0 Å². The van der Waals surface area contributed by atoms with Gasteiger partial charge >= 0.3 is 6.03 Å². The van der Waals surface area contributed by atoms with E-state index in [1.54, 1.807) is 4.90 Å². The Bertz CT molecular complexity index is 562. The first kappa shape index (κ1) is 19.6. The molecule has 0 aromatic heterocycles. The normalized spacial score (nSPS) is 16.3. The minimum Gasteiger partial charge on any atom is -0.487 e. The molecular formula is C20H32N2O3. The average Bonchev–Trinajstić information content (AvgIpc) is 2.49. The van der Waals surface area contributed by atoms with Gasteiger partial charge in [0.05, 0.1) is 18.7 Å². The van der Waals surface area contributed by atoms with Crippen LogP contribution in [0.1, 0.15) is 52.5 Å². The van der Waals surface area contributed by atoms with E-state index in [0.29, 0.717) is 13.1 Å². The van der Waals surface area contributed by atoms with Crippen LogP contribution in [-0.2, 0) is 6.42 Å². The quantitative estimate of drug-likeness (QED) is 0.757. The number of benzene rings is 1. The van der Waals surface area contributed by atoms with Crippen molar-refractivity contribution in [2.24, 2.45) is 0 Å². The van der Waals surface area contributed by atoms with E-state index in [4.69, 9.17) is 4.74 Å². The maximum absolute atomic E-state index is 12.2. The maximum Gasteiger partial charge on any atom is 0.317 e. The van der Waals surface area contributed by atoms with Crippen molar-refractivity contribution in [3.63, 3.8) is 0 Å². The van der Waals surface area contributed by atoms with Crippen LogP contribution in [0.4, 0.5) is 4.79 Å². The van der Waals surface area contributed by atoms with Crippen molar-refractivity contribution in [1.29, 1.82) is 0 Å². The summed E-state index contributed by atoms with van der Waals surface area (Å²) in [6, 6.07) is 8.20. The van der Waals surface area contributed by atoms with Crippen LogP contribution in [0.3, 0.4) is 0 Å². The zero-order valence-electron chi connectivity index (χ0n) is 15.9. The third kappa shape index (κ3) is 6.58. The Morgan fingerprint density at radius 1 is 1.44 bits per heavy atom. The van der Waals surface area contributed by atoms with Crippen LogP contribution in [0.25, 0.3) is 0 Å². The smallest absolute Gasteiger partial charge is 0.317 e. The SMILES string of the molecule is CCc1cccc(OC2CN(C(=O)N[C@H](C)CCCC(C)(C)O)C2)c1. The minimum absolute atomic E-state index is 0.0297. The molecule has 1 heterocycles. The molecule has 25 heavy (non-hydrogen) atoms. The number of carbonyl (C=O) groups is 1. The van der Waals surface area contributed by atoms with Crippen molar-refractivity contribution in [2.75, 3.05) is 13.1 Å². The molecule has 5 nitrogen and oxygen atoms in total. The van der Waals surface area contributed by atoms with Crippen molar-refractivity contribution in [2.45, 2.75) is 71.1 Å². The van der Waals surface area contributed by atoms with E-state index in [2.05, 4.69) is 24.4 Å². The van der Waals surface area contributed by atoms with Crippen LogP contribution in [0.15, 0.2) is 24.3 Å². The van der Waals surface area contributed by atoms with Gasteiger partial charge in [0.25, 0.3) is 0 Å². The molecular weight excluding hydrogens is 316 g/mol. The number of urea groups is 1. The molecule has 0 saturated carbocycles. The lowest BCUT2D eigenvalue weighted by Gasteiger charge is -2.39. The fourth-order valence-corrected chi connectivity index (χ4v) is 2.92. The van der Waals surface area contributed by atoms with Gasteiger partial charge in [0.1, 0.15) is 11.9 Å². The summed E-state index contributed by atoms with van der Waals surface area (Å²) in [6.07, 6.45) is 3.56. The molecule has 0 unspecified atom stereocenters. The lowest BCUT2D eigenvalue weighted by Crippen LogP contribution is -2.59. The molecule has 1 fully saturated rings. The fourth-order valence-electron chi connectivity index (χ4n) is 2.92. The Hall–Kier alpha value is -1.75. The Kier molecular flexibility index (Phi) is 6.71. The molecule has 1 aromatic rings. The average molecular weight is 348 g/mol. The van der Waals surface area contributed by atoms with Gasteiger partial charge in [-0.1, -0.05) is 19.1 Å². The van der Waals surface area contributed by atoms with E-state index in [1.807, 2.05) is 32.9 Å². The number of nitrogens with one attached hydrogen (secondary N) is 1. The summed E-state index contributed by atoms with van der Waals surface area (Å²) in [5.74, 6) is 0.879. The van der Waals surface area contributed by atoms with Crippen LogP contribution in [0.2, 0.25) is 0 Å². The second kappa shape index (κ2) is 8.56. The highest BCUT2D eigenvalue weighted by atomic mass is 16.5. The van der Waals surface area contributed by atoms with Crippen molar-refractivity contribution in [3.8, 4) is 5.75 Å². The lowest BCUT2D eigenvalue weighted by atomic mass is 10.00. The van der Waals surface area contributed by atoms with E-state index in [1.165, 1.54) is 5.56 Å². The number of rotatable bonds is 8. The van der Waals surface area contributed by atoms with Crippen LogP contribution < -0.4 is 10.1 Å². The van der Waals surface area contributed by atoms with Gasteiger partial charge < -0.3 is 20.1 Å². The molecule has 1 aliphatic heterocycles. The Morgan fingerprint density at radius 3 is 2.80 bits per heavy atom. The highest BCUT2D eigenvalue weighted by Gasteiger charge is 2.32. The lowest BCUT2D eigenvalue weighted by molar-refractivity contribution is 0.0431. The van der Waals surface area contributed by atoms with Crippen molar-refractivity contribution in [1.82, 2.24) is 10.2 Å². The van der Waals surface area contributed by atoms with E-state index in [9.17, 15) is 9.90 Å². The topological polar surface area (TPSA) is 61.8 Å². The van der Waals surface area contributed by atoms with E-state index in [-0.39, 0.29) is 18.2 Å². The molecule has 2 N–H and O–H groups in total. The summed E-state index contributed by atoms with van der Waals surface area (Å²) in [4.78, 5) is 14.0. The molecule has 140 valence electrons. The number of likely N-dealkylation sites (tertiary alicyclic amines) is 1. The summed E-state index contributed by atoms with van der Waals surface area (Å²) < 4.78 is 5.93. The summed E-state index contributed by atoms with van der Waals surface area (Å²) in [5.41, 5.74) is 0.618. The predicted molar refractivity (Wildman–Crippen MR) is 100.0 cm³/mol. The number of aryl methyl sites for hydroxylation is 1. The van der Waals surface area contributed by atoms with E-state index in [0.717, 1.165) is 31.4 Å². The predicted octanol–water partition coefficient (Wildman–Crippen LogP) is 3.35. The summed E-state index contributed by atoms with van der Waals surface area (Å²) in [6.45, 7) is 9.00. The fraction of sp³-hybridized carbons (Fsp3) is 0.650. The molecule has 1 aliphatic rings. The van der Waals surface area contributed by atoms with Crippen LogP contribution in [0, 0.1) is 0 Å². The van der Waals surface area contributed by atoms with Crippen LogP contribution in [-0.4, -0.2) is 46.9 Å². The van der Waals surface area contributed by atoms with E-state index < -0.39 is 5.60 Å². The standard InChI is InChI=1S/C20H32N2O3/c1-5-16-9-6-10-17(12-16)25-18-13-22(14-18)19(23)21-15(2)8-7-11-20(3,4)24/h6,9-10,12,15,18,24H,5,7-8,11,13-14H2,1-4H3,(H,21,23)/t15-/m1/s1. The zero-order valence-corrected chi connectivity index (χ0v) is 15.9. The number of amides is 2. The summed E-state index contributed by atoms with van der Waals surface area (Å²) in [5, 5.41) is 12.7. The number of carbonyl (C=O) groups excluding carboxylic acids is 1. The largest absolute Gasteiger partial charge is 0.487 e. The molecule has 1 aromatic carbocycles. The second-order valence-electron chi connectivity index (χ2n) is 7.70. The van der Waals surface area contributed by atoms with Crippen molar-refractivity contribution in [3.05, 3.63) is 29.8 Å². The third-order valence-corrected chi connectivity index (χ3v) is 4.54.